The van der Waals surface area contributed by atoms with Gasteiger partial charge in [-0.05, 0) is 76.1 Å². The van der Waals surface area contributed by atoms with Crippen LogP contribution >= 0.6 is 0 Å². The molecule has 8 nitrogen and oxygen atoms in total. The summed E-state index contributed by atoms with van der Waals surface area (Å²) in [5, 5.41) is 9.33. The minimum atomic E-state index is -0.345. The van der Waals surface area contributed by atoms with Gasteiger partial charge in [0.25, 0.3) is 0 Å². The molecule has 0 amide bonds. The molecule has 1 radical (unpaired) electrons. The van der Waals surface area contributed by atoms with E-state index in [9.17, 15) is 19.5 Å². The van der Waals surface area contributed by atoms with Crippen LogP contribution in [0.1, 0.15) is 64.0 Å². The second kappa shape index (κ2) is 11.3. The lowest BCUT2D eigenvalue weighted by atomic mass is 9.90. The van der Waals surface area contributed by atoms with Gasteiger partial charge in [-0.2, -0.15) is 0 Å². The molecular formula is C30H37O8. The Morgan fingerprint density at radius 2 is 1.71 bits per heavy atom. The molecule has 3 heterocycles. The lowest BCUT2D eigenvalue weighted by Gasteiger charge is -2.23. The van der Waals surface area contributed by atoms with Crippen molar-refractivity contribution in [1.29, 1.82) is 0 Å². The number of hydrogen-bond donors (Lipinski definition) is 1. The van der Waals surface area contributed by atoms with E-state index in [1.807, 2.05) is 19.4 Å². The molecule has 5 atom stereocenters. The monoisotopic (exact) mass is 525 g/mol. The van der Waals surface area contributed by atoms with Gasteiger partial charge < -0.3 is 24.1 Å². The third-order valence-corrected chi connectivity index (χ3v) is 7.55. The topological polar surface area (TPSA) is 108 Å². The van der Waals surface area contributed by atoms with E-state index in [2.05, 4.69) is 13.2 Å². The summed E-state index contributed by atoms with van der Waals surface area (Å²) in [6.45, 7) is 12.4. The third-order valence-electron chi connectivity index (χ3n) is 7.55. The summed E-state index contributed by atoms with van der Waals surface area (Å²) in [6, 6.07) is 5.25. The van der Waals surface area contributed by atoms with Crippen molar-refractivity contribution in [2.24, 2.45) is 5.92 Å². The van der Waals surface area contributed by atoms with Crippen molar-refractivity contribution in [3.05, 3.63) is 60.1 Å². The molecule has 5 unspecified atom stereocenters. The molecule has 3 aliphatic heterocycles. The number of hydrogen-bond acceptors (Lipinski definition) is 8. The first-order valence-corrected chi connectivity index (χ1v) is 13.2. The number of benzene rings is 1. The number of phenolic OH excluding ortho intramolecular Hbond substituents is 1. The maximum Gasteiger partial charge on any atom is 0.333 e. The molecule has 1 N–H and O–H groups in total. The van der Waals surface area contributed by atoms with Gasteiger partial charge in [-0.1, -0.05) is 19.2 Å². The smallest absolute Gasteiger partial charge is 0.333 e. The van der Waals surface area contributed by atoms with Gasteiger partial charge >= 0.3 is 17.9 Å². The van der Waals surface area contributed by atoms with E-state index in [4.69, 9.17) is 18.9 Å². The molecule has 2 aliphatic carbocycles. The highest BCUT2D eigenvalue weighted by molar-refractivity contribution is 5.87. The first-order valence-electron chi connectivity index (χ1n) is 13.2. The number of rotatable bonds is 4. The van der Waals surface area contributed by atoms with Gasteiger partial charge in [0, 0.05) is 30.4 Å². The highest BCUT2D eigenvalue weighted by Crippen LogP contribution is 2.45. The molecule has 5 aliphatic rings. The molecular weight excluding hydrogens is 488 g/mol. The zero-order valence-electron chi connectivity index (χ0n) is 22.4. The number of carbonyl (C=O) groups excluding carboxylic acids is 3. The third kappa shape index (κ3) is 6.46. The maximum absolute atomic E-state index is 11.3. The van der Waals surface area contributed by atoms with Crippen LogP contribution in [0.3, 0.4) is 0 Å². The summed E-state index contributed by atoms with van der Waals surface area (Å²) in [6.07, 6.45) is 8.67. The Kier molecular flexibility index (Phi) is 8.31. The van der Waals surface area contributed by atoms with Crippen molar-refractivity contribution >= 4 is 17.9 Å². The molecule has 6 rings (SSSR count). The van der Waals surface area contributed by atoms with Crippen LogP contribution in [0.15, 0.2) is 42.5 Å². The Labute approximate surface area is 224 Å². The fraction of sp³-hybridized carbons (Fsp3) is 0.533. The van der Waals surface area contributed by atoms with Gasteiger partial charge in [0.05, 0.1) is 12.0 Å². The molecule has 1 aromatic carbocycles. The van der Waals surface area contributed by atoms with Crippen LogP contribution in [-0.2, 0) is 46.2 Å². The highest BCUT2D eigenvalue weighted by Gasteiger charge is 2.58. The van der Waals surface area contributed by atoms with Gasteiger partial charge in [0.2, 0.25) is 0 Å². The molecule has 0 spiro atoms. The fourth-order valence-corrected chi connectivity index (χ4v) is 5.48. The summed E-state index contributed by atoms with van der Waals surface area (Å²) in [5.41, 5.74) is 2.88. The van der Waals surface area contributed by atoms with Crippen molar-refractivity contribution in [2.45, 2.75) is 95.7 Å². The summed E-state index contributed by atoms with van der Waals surface area (Å²) >= 11 is 0. The van der Waals surface area contributed by atoms with Crippen molar-refractivity contribution in [2.75, 3.05) is 0 Å². The van der Waals surface area contributed by atoms with Crippen molar-refractivity contribution < 1.29 is 38.4 Å². The Morgan fingerprint density at radius 1 is 1.05 bits per heavy atom. The summed E-state index contributed by atoms with van der Waals surface area (Å²) in [4.78, 5) is 33.5. The van der Waals surface area contributed by atoms with Crippen molar-refractivity contribution in [3.8, 4) is 5.75 Å². The summed E-state index contributed by atoms with van der Waals surface area (Å²) < 4.78 is 21.0. The van der Waals surface area contributed by atoms with Crippen LogP contribution < -0.4 is 0 Å². The second-order valence-electron chi connectivity index (χ2n) is 11.1. The number of fused-ring (bicyclic) bond motifs is 2. The minimum Gasteiger partial charge on any atom is -0.508 e. The molecule has 1 saturated carbocycles. The van der Waals surface area contributed by atoms with Crippen LogP contribution in [0.4, 0.5) is 0 Å². The fourth-order valence-electron chi connectivity index (χ4n) is 5.48. The average Bonchev–Trinajstić information content (AvgIpc) is 3.64. The SMILES string of the molecule is C=C(C)C(=O)OC1(C)CCCC1.C=C(C)C(=O)OC1Cc2ccc(O)cc2C1.O=C1OC2[CH]C3CC1C2O3. The molecule has 1 aromatic rings. The van der Waals surface area contributed by atoms with Crippen molar-refractivity contribution in [3.63, 3.8) is 0 Å². The Balaban J connectivity index is 0.000000136. The number of aromatic hydroxyl groups is 1. The van der Waals surface area contributed by atoms with E-state index in [0.29, 0.717) is 24.0 Å². The van der Waals surface area contributed by atoms with Gasteiger partial charge in [0.15, 0.2) is 0 Å². The molecule has 2 bridgehead atoms. The Morgan fingerprint density at radius 3 is 2.29 bits per heavy atom. The van der Waals surface area contributed by atoms with Crippen molar-refractivity contribution in [1.82, 2.24) is 0 Å². The second-order valence-corrected chi connectivity index (χ2v) is 11.1. The quantitative estimate of drug-likeness (QED) is 0.352. The van der Waals surface area contributed by atoms with E-state index in [1.54, 1.807) is 26.0 Å². The largest absolute Gasteiger partial charge is 0.508 e. The van der Waals surface area contributed by atoms with Crippen LogP contribution in [0.2, 0.25) is 0 Å². The van der Waals surface area contributed by atoms with Crippen LogP contribution in [0.25, 0.3) is 0 Å². The summed E-state index contributed by atoms with van der Waals surface area (Å²) in [5.74, 6) is -0.349. The Hall–Kier alpha value is -3.13. The van der Waals surface area contributed by atoms with Gasteiger partial charge in [-0.25, -0.2) is 9.59 Å². The summed E-state index contributed by atoms with van der Waals surface area (Å²) in [7, 11) is 0. The molecule has 8 heteroatoms. The maximum atomic E-state index is 11.3. The molecule has 38 heavy (non-hydrogen) atoms. The normalized spacial score (nSPS) is 28.7. The molecule has 4 fully saturated rings. The predicted molar refractivity (Wildman–Crippen MR) is 139 cm³/mol. The number of phenols is 1. The first-order chi connectivity index (χ1) is 17.9. The lowest BCUT2D eigenvalue weighted by Crippen LogP contribution is -2.28. The van der Waals surface area contributed by atoms with Gasteiger partial charge in [-0.15, -0.1) is 0 Å². The molecule has 205 valence electrons. The van der Waals surface area contributed by atoms with Crippen LogP contribution in [0.5, 0.6) is 5.75 Å². The van der Waals surface area contributed by atoms with E-state index in [1.165, 1.54) is 12.8 Å². The van der Waals surface area contributed by atoms with E-state index in [0.717, 1.165) is 30.4 Å². The zero-order valence-corrected chi connectivity index (χ0v) is 22.4. The van der Waals surface area contributed by atoms with E-state index >= 15 is 0 Å². The van der Waals surface area contributed by atoms with Gasteiger partial charge in [-0.3, -0.25) is 4.79 Å². The number of esters is 3. The molecule has 0 aromatic heterocycles. The van der Waals surface area contributed by atoms with Gasteiger partial charge in [0.1, 0.15) is 29.7 Å². The lowest BCUT2D eigenvalue weighted by molar-refractivity contribution is -0.152. The van der Waals surface area contributed by atoms with E-state index in [-0.39, 0.29) is 59.6 Å². The number of ether oxygens (including phenoxy) is 4. The molecule has 3 saturated heterocycles. The van der Waals surface area contributed by atoms with Crippen LogP contribution in [-0.4, -0.2) is 53.0 Å². The highest BCUT2D eigenvalue weighted by atomic mass is 16.6. The standard InChI is InChI=1S/C13H14O3.C10H16O2.C7H7O3/c1-8(2)13(15)16-12-6-9-3-4-11(14)5-10(9)7-12;1-8(2)9(11)12-10(3)6-4-5-7-10;8-7-4-1-3-2-5(10-7)6(4)9-3/h3-5,12,14H,1,6-7H2,2H3;1,4-7H2,2-3H3;2-6H,1H2. The predicted octanol–water partition coefficient (Wildman–Crippen LogP) is 4.32. The van der Waals surface area contributed by atoms with Crippen LogP contribution in [0, 0.1) is 12.3 Å². The van der Waals surface area contributed by atoms with E-state index < -0.39 is 0 Å². The Bertz CT molecular complexity index is 1110. The first kappa shape index (κ1) is 27.9. The average molecular weight is 526 g/mol. The minimum absolute atomic E-state index is 0.0174. The number of carbonyl (C=O) groups is 3. The zero-order chi connectivity index (χ0) is 27.6.